The van der Waals surface area contributed by atoms with Crippen molar-refractivity contribution < 1.29 is 4.79 Å². The second-order valence-corrected chi connectivity index (χ2v) is 4.08. The Bertz CT molecular complexity index is 600. The SMILES string of the molecule is C=Cc1ccc(Cn2nc(NC(C)=O)nc2N)cc1. The van der Waals surface area contributed by atoms with Crippen LogP contribution < -0.4 is 11.1 Å². The lowest BCUT2D eigenvalue weighted by Crippen LogP contribution is -2.08. The Balaban J connectivity index is 2.15. The van der Waals surface area contributed by atoms with E-state index in [0.29, 0.717) is 6.54 Å². The van der Waals surface area contributed by atoms with Crippen molar-refractivity contribution in [1.29, 1.82) is 0 Å². The van der Waals surface area contributed by atoms with Gasteiger partial charge in [-0.25, -0.2) is 4.68 Å². The zero-order chi connectivity index (χ0) is 13.8. The van der Waals surface area contributed by atoms with E-state index < -0.39 is 0 Å². The van der Waals surface area contributed by atoms with E-state index in [1.165, 1.54) is 11.6 Å². The Morgan fingerprint density at radius 3 is 2.74 bits per heavy atom. The maximum atomic E-state index is 10.9. The van der Waals surface area contributed by atoms with Crippen LogP contribution >= 0.6 is 0 Å². The van der Waals surface area contributed by atoms with E-state index in [0.717, 1.165) is 11.1 Å². The molecule has 2 aromatic rings. The average Bonchev–Trinajstić information content (AvgIpc) is 2.69. The van der Waals surface area contributed by atoms with Crippen LogP contribution in [0.15, 0.2) is 30.8 Å². The third-order valence-electron chi connectivity index (χ3n) is 2.54. The quantitative estimate of drug-likeness (QED) is 0.869. The molecule has 0 aliphatic heterocycles. The van der Waals surface area contributed by atoms with Gasteiger partial charge in [-0.3, -0.25) is 10.1 Å². The van der Waals surface area contributed by atoms with Crippen molar-refractivity contribution in [3.05, 3.63) is 42.0 Å². The fraction of sp³-hybridized carbons (Fsp3) is 0.154. The Labute approximate surface area is 111 Å². The van der Waals surface area contributed by atoms with Gasteiger partial charge in [0.25, 0.3) is 5.95 Å². The molecule has 6 heteroatoms. The Hall–Kier alpha value is -2.63. The van der Waals surface area contributed by atoms with E-state index in [1.54, 1.807) is 6.08 Å². The highest BCUT2D eigenvalue weighted by Crippen LogP contribution is 2.11. The van der Waals surface area contributed by atoms with Crippen molar-refractivity contribution in [3.63, 3.8) is 0 Å². The smallest absolute Gasteiger partial charge is 0.250 e. The minimum absolute atomic E-state index is 0.215. The fourth-order valence-electron chi connectivity index (χ4n) is 1.61. The van der Waals surface area contributed by atoms with E-state index in [-0.39, 0.29) is 17.8 Å². The monoisotopic (exact) mass is 257 g/mol. The van der Waals surface area contributed by atoms with E-state index in [4.69, 9.17) is 5.73 Å². The van der Waals surface area contributed by atoms with Crippen LogP contribution in [-0.4, -0.2) is 20.7 Å². The van der Waals surface area contributed by atoms with Gasteiger partial charge in [-0.05, 0) is 11.1 Å². The largest absolute Gasteiger partial charge is 0.368 e. The number of hydrogen-bond donors (Lipinski definition) is 2. The van der Waals surface area contributed by atoms with Crippen LogP contribution in [0.5, 0.6) is 0 Å². The fourth-order valence-corrected chi connectivity index (χ4v) is 1.61. The first kappa shape index (κ1) is 12.8. The lowest BCUT2D eigenvalue weighted by molar-refractivity contribution is -0.114. The highest BCUT2D eigenvalue weighted by molar-refractivity contribution is 5.86. The number of nitrogens with one attached hydrogen (secondary N) is 1. The van der Waals surface area contributed by atoms with E-state index >= 15 is 0 Å². The zero-order valence-corrected chi connectivity index (χ0v) is 10.6. The molecule has 0 atom stereocenters. The van der Waals surface area contributed by atoms with Crippen molar-refractivity contribution in [2.75, 3.05) is 11.1 Å². The van der Waals surface area contributed by atoms with Crippen LogP contribution in [0, 0.1) is 0 Å². The number of benzene rings is 1. The first-order valence-electron chi connectivity index (χ1n) is 5.78. The van der Waals surface area contributed by atoms with Gasteiger partial charge in [-0.15, -0.1) is 5.10 Å². The van der Waals surface area contributed by atoms with E-state index in [9.17, 15) is 4.79 Å². The molecule has 1 aromatic heterocycles. The molecule has 1 aromatic carbocycles. The molecule has 1 amide bonds. The van der Waals surface area contributed by atoms with Crippen LogP contribution in [0.4, 0.5) is 11.9 Å². The Morgan fingerprint density at radius 1 is 1.47 bits per heavy atom. The van der Waals surface area contributed by atoms with Gasteiger partial charge in [-0.1, -0.05) is 36.9 Å². The molecule has 0 spiro atoms. The first-order chi connectivity index (χ1) is 9.08. The van der Waals surface area contributed by atoms with Gasteiger partial charge in [0, 0.05) is 6.92 Å². The summed E-state index contributed by atoms with van der Waals surface area (Å²) in [6.45, 7) is 5.59. The normalized spacial score (nSPS) is 10.2. The number of amides is 1. The number of nitrogen functional groups attached to an aromatic ring is 1. The number of nitrogens with zero attached hydrogens (tertiary/aromatic N) is 3. The molecule has 98 valence electrons. The summed E-state index contributed by atoms with van der Waals surface area (Å²) in [6, 6.07) is 7.86. The summed E-state index contributed by atoms with van der Waals surface area (Å²) in [7, 11) is 0. The summed E-state index contributed by atoms with van der Waals surface area (Å²) in [4.78, 5) is 14.9. The molecule has 2 rings (SSSR count). The number of aromatic nitrogens is 3. The summed E-state index contributed by atoms with van der Waals surface area (Å²) < 4.78 is 1.54. The minimum Gasteiger partial charge on any atom is -0.368 e. The second kappa shape index (κ2) is 5.34. The van der Waals surface area contributed by atoms with E-state index in [2.05, 4.69) is 22.0 Å². The molecule has 0 unspecified atom stereocenters. The molecular formula is C13H15N5O. The van der Waals surface area contributed by atoms with Gasteiger partial charge >= 0.3 is 0 Å². The molecule has 1 heterocycles. The van der Waals surface area contributed by atoms with Gasteiger partial charge in [0.1, 0.15) is 0 Å². The van der Waals surface area contributed by atoms with Crippen molar-refractivity contribution in [2.45, 2.75) is 13.5 Å². The topological polar surface area (TPSA) is 85.8 Å². The highest BCUT2D eigenvalue weighted by atomic mass is 16.1. The molecule has 0 saturated heterocycles. The maximum absolute atomic E-state index is 10.9. The van der Waals surface area contributed by atoms with Crippen LogP contribution in [0.2, 0.25) is 0 Å². The zero-order valence-electron chi connectivity index (χ0n) is 10.6. The lowest BCUT2D eigenvalue weighted by atomic mass is 10.1. The van der Waals surface area contributed by atoms with Gasteiger partial charge in [0.15, 0.2) is 0 Å². The Kier molecular flexibility index (Phi) is 3.61. The predicted octanol–water partition coefficient (Wildman–Crippen LogP) is 1.51. The van der Waals surface area contributed by atoms with Crippen molar-refractivity contribution in [3.8, 4) is 0 Å². The van der Waals surface area contributed by atoms with Crippen LogP contribution in [0.1, 0.15) is 18.1 Å². The van der Waals surface area contributed by atoms with Gasteiger partial charge < -0.3 is 5.73 Å². The summed E-state index contributed by atoms with van der Waals surface area (Å²) in [6.07, 6.45) is 1.78. The van der Waals surface area contributed by atoms with Crippen molar-refractivity contribution >= 4 is 23.9 Å². The van der Waals surface area contributed by atoms with Gasteiger partial charge in [0.05, 0.1) is 6.54 Å². The molecule has 19 heavy (non-hydrogen) atoms. The molecule has 0 aliphatic carbocycles. The molecule has 3 N–H and O–H groups in total. The lowest BCUT2D eigenvalue weighted by Gasteiger charge is -2.03. The summed E-state index contributed by atoms with van der Waals surface area (Å²) in [5, 5.41) is 6.61. The average molecular weight is 257 g/mol. The third kappa shape index (κ3) is 3.19. The van der Waals surface area contributed by atoms with Crippen LogP contribution in [-0.2, 0) is 11.3 Å². The predicted molar refractivity (Wildman–Crippen MR) is 74.4 cm³/mol. The molecule has 0 bridgehead atoms. The molecule has 0 saturated carbocycles. The number of carbonyl (C=O) groups is 1. The van der Waals surface area contributed by atoms with Gasteiger partial charge in [0.2, 0.25) is 11.9 Å². The molecule has 0 aliphatic rings. The van der Waals surface area contributed by atoms with Crippen molar-refractivity contribution in [2.24, 2.45) is 0 Å². The highest BCUT2D eigenvalue weighted by Gasteiger charge is 2.08. The second-order valence-electron chi connectivity index (χ2n) is 4.08. The van der Waals surface area contributed by atoms with Gasteiger partial charge in [-0.2, -0.15) is 4.98 Å². The number of anilines is 2. The van der Waals surface area contributed by atoms with Crippen LogP contribution in [0.3, 0.4) is 0 Å². The standard InChI is InChI=1S/C13H15N5O/c1-3-10-4-6-11(7-5-10)8-18-12(14)16-13(17-18)15-9(2)19/h3-7H,1,8H2,2H3,(H3,14,15,16,17,19). The van der Waals surface area contributed by atoms with Crippen molar-refractivity contribution in [1.82, 2.24) is 14.8 Å². The molecule has 6 nitrogen and oxygen atoms in total. The molecule has 0 fully saturated rings. The summed E-state index contributed by atoms with van der Waals surface area (Å²) in [5.74, 6) is 0.247. The minimum atomic E-state index is -0.229. The molecule has 0 radical (unpaired) electrons. The number of rotatable bonds is 4. The van der Waals surface area contributed by atoms with E-state index in [1.807, 2.05) is 24.3 Å². The number of carbonyl (C=O) groups excluding carboxylic acids is 1. The Morgan fingerprint density at radius 2 is 2.16 bits per heavy atom. The van der Waals surface area contributed by atoms with Crippen LogP contribution in [0.25, 0.3) is 6.08 Å². The summed E-state index contributed by atoms with van der Waals surface area (Å²) >= 11 is 0. The summed E-state index contributed by atoms with van der Waals surface area (Å²) in [5.41, 5.74) is 7.83. The maximum Gasteiger partial charge on any atom is 0.250 e. The first-order valence-corrected chi connectivity index (χ1v) is 5.78. The number of nitrogens with two attached hydrogens (primary N) is 1. The third-order valence-corrected chi connectivity index (χ3v) is 2.54. The number of hydrogen-bond acceptors (Lipinski definition) is 4. The molecular weight excluding hydrogens is 242 g/mol.